The molecule has 0 amide bonds. The van der Waals surface area contributed by atoms with Crippen LogP contribution < -0.4 is 0 Å². The van der Waals surface area contributed by atoms with Gasteiger partial charge in [-0.25, -0.2) is 0 Å². The summed E-state index contributed by atoms with van der Waals surface area (Å²) in [6, 6.07) is 0. The first kappa shape index (κ1) is 9.68. The molecule has 0 heterocycles. The lowest BCUT2D eigenvalue weighted by Gasteiger charge is -1.84. The monoisotopic (exact) mass is 106 g/mol. The van der Waals surface area contributed by atoms with E-state index in [2.05, 4.69) is 4.74 Å². The first-order valence-electron chi connectivity index (χ1n) is 1.51. The lowest BCUT2D eigenvalue weighted by molar-refractivity contribution is 0.135. The van der Waals surface area contributed by atoms with Crippen LogP contribution in [0.1, 0.15) is 0 Å². The van der Waals surface area contributed by atoms with Crippen LogP contribution in [0, 0.1) is 0 Å². The van der Waals surface area contributed by atoms with Crippen LogP contribution >= 0.6 is 0 Å². The third-order valence-corrected chi connectivity index (χ3v) is 0.295. The van der Waals surface area contributed by atoms with Crippen LogP contribution in [0.5, 0.6) is 0 Å². The standard InChI is InChI=1S/C3H8O2.Al.3H/c1-5-3-2-4;;;;/h4H,2-3H2,1H3;;;;. The smallest absolute Gasteiger partial charge is 0.187 e. The van der Waals surface area contributed by atoms with Crippen molar-refractivity contribution in [1.29, 1.82) is 0 Å². The Bertz CT molecular complexity index is 16.3. The molecule has 0 aliphatic heterocycles. The van der Waals surface area contributed by atoms with Gasteiger partial charge in [-0.05, 0) is 0 Å². The first-order chi connectivity index (χ1) is 2.41. The van der Waals surface area contributed by atoms with Crippen molar-refractivity contribution in [2.45, 2.75) is 0 Å². The summed E-state index contributed by atoms with van der Waals surface area (Å²) in [7, 11) is 1.55. The predicted octanol–water partition coefficient (Wildman–Crippen LogP) is -1.56. The second kappa shape index (κ2) is 9.07. The van der Waals surface area contributed by atoms with Crippen molar-refractivity contribution in [2.75, 3.05) is 20.3 Å². The Hall–Kier alpha value is 0.452. The molecule has 3 heteroatoms. The van der Waals surface area contributed by atoms with Crippen LogP contribution in [0.15, 0.2) is 0 Å². The Kier molecular flexibility index (Phi) is 14.6. The summed E-state index contributed by atoms with van der Waals surface area (Å²) in [5.41, 5.74) is 0. The van der Waals surface area contributed by atoms with Crippen molar-refractivity contribution < 1.29 is 9.84 Å². The summed E-state index contributed by atoms with van der Waals surface area (Å²) in [5.74, 6) is 0. The summed E-state index contributed by atoms with van der Waals surface area (Å²) in [5, 5.41) is 7.94. The van der Waals surface area contributed by atoms with Crippen LogP contribution in [0.4, 0.5) is 0 Å². The normalized spacial score (nSPS) is 7.00. The summed E-state index contributed by atoms with van der Waals surface area (Å²) in [6.45, 7) is 0.566. The molecule has 0 aliphatic carbocycles. The van der Waals surface area contributed by atoms with Gasteiger partial charge in [-0.1, -0.05) is 0 Å². The zero-order valence-corrected chi connectivity index (χ0v) is 3.27. The van der Waals surface area contributed by atoms with E-state index in [1.165, 1.54) is 0 Å². The Morgan fingerprint density at radius 1 is 1.67 bits per heavy atom. The van der Waals surface area contributed by atoms with E-state index in [-0.39, 0.29) is 24.0 Å². The quantitative estimate of drug-likeness (QED) is 0.431. The molecule has 0 spiro atoms. The Labute approximate surface area is 48.3 Å². The number of aliphatic hydroxyl groups is 1. The largest absolute Gasteiger partial charge is 0.394 e. The van der Waals surface area contributed by atoms with Crippen LogP contribution in [0.3, 0.4) is 0 Å². The van der Waals surface area contributed by atoms with E-state index in [4.69, 9.17) is 5.11 Å². The summed E-state index contributed by atoms with van der Waals surface area (Å²) in [4.78, 5) is 0. The number of hydrogen-bond acceptors (Lipinski definition) is 2. The van der Waals surface area contributed by atoms with Gasteiger partial charge in [0.25, 0.3) is 0 Å². The topological polar surface area (TPSA) is 29.5 Å². The molecule has 1 N–H and O–H groups in total. The van der Waals surface area contributed by atoms with Gasteiger partial charge in [0.05, 0.1) is 13.2 Å². The SMILES string of the molecule is COCCO.[AlH3]. The average Bonchev–Trinajstić information content (AvgIpc) is 1.41. The van der Waals surface area contributed by atoms with Crippen molar-refractivity contribution >= 4 is 17.4 Å². The van der Waals surface area contributed by atoms with Crippen molar-refractivity contribution in [3.05, 3.63) is 0 Å². The minimum Gasteiger partial charge on any atom is -0.394 e. The van der Waals surface area contributed by atoms with E-state index >= 15 is 0 Å². The van der Waals surface area contributed by atoms with Gasteiger partial charge >= 0.3 is 0 Å². The van der Waals surface area contributed by atoms with Gasteiger partial charge in [-0.3, -0.25) is 0 Å². The van der Waals surface area contributed by atoms with Crippen LogP contribution in [-0.2, 0) is 4.74 Å². The van der Waals surface area contributed by atoms with Gasteiger partial charge in [-0.15, -0.1) is 0 Å². The fourth-order valence-electron chi connectivity index (χ4n) is 0.0913. The van der Waals surface area contributed by atoms with Gasteiger partial charge in [0, 0.05) is 7.11 Å². The predicted molar refractivity (Wildman–Crippen MR) is 28.9 cm³/mol. The van der Waals surface area contributed by atoms with Crippen molar-refractivity contribution in [3.63, 3.8) is 0 Å². The van der Waals surface area contributed by atoms with E-state index in [0.29, 0.717) is 6.61 Å². The van der Waals surface area contributed by atoms with Crippen molar-refractivity contribution in [2.24, 2.45) is 0 Å². The molecular weight excluding hydrogens is 95.0 g/mol. The highest BCUT2D eigenvalue weighted by molar-refractivity contribution is 5.75. The number of aliphatic hydroxyl groups excluding tert-OH is 1. The van der Waals surface area contributed by atoms with Crippen molar-refractivity contribution in [3.8, 4) is 0 Å². The molecule has 0 aromatic carbocycles. The Morgan fingerprint density at radius 2 is 2.17 bits per heavy atom. The van der Waals surface area contributed by atoms with E-state index < -0.39 is 0 Å². The number of rotatable bonds is 2. The number of ether oxygens (including phenoxy) is 1. The molecule has 2 nitrogen and oxygen atoms in total. The van der Waals surface area contributed by atoms with Gasteiger partial charge in [0.1, 0.15) is 0 Å². The minimum absolute atomic E-state index is 0. The van der Waals surface area contributed by atoms with E-state index in [9.17, 15) is 0 Å². The molecule has 0 atom stereocenters. The fourth-order valence-corrected chi connectivity index (χ4v) is 0.0913. The Balaban J connectivity index is 0. The molecule has 0 saturated carbocycles. The van der Waals surface area contributed by atoms with Gasteiger partial charge < -0.3 is 9.84 Å². The molecule has 0 aliphatic rings. The highest BCUT2D eigenvalue weighted by Gasteiger charge is 1.67. The molecule has 0 bridgehead atoms. The molecule has 0 aromatic heterocycles. The number of hydrogen-bond donors (Lipinski definition) is 1. The molecule has 6 heavy (non-hydrogen) atoms. The number of methoxy groups -OCH3 is 1. The van der Waals surface area contributed by atoms with Crippen LogP contribution in [-0.4, -0.2) is 42.8 Å². The molecule has 0 radical (unpaired) electrons. The van der Waals surface area contributed by atoms with E-state index in [0.717, 1.165) is 0 Å². The molecule has 0 unspecified atom stereocenters. The molecule has 0 aromatic rings. The van der Waals surface area contributed by atoms with Gasteiger partial charge in [0.15, 0.2) is 17.4 Å². The zero-order valence-electron chi connectivity index (χ0n) is 3.27. The summed E-state index contributed by atoms with van der Waals surface area (Å²) >= 11 is 0. The average molecular weight is 106 g/mol. The van der Waals surface area contributed by atoms with Crippen LogP contribution in [0.2, 0.25) is 0 Å². The van der Waals surface area contributed by atoms with E-state index in [1.54, 1.807) is 7.11 Å². The second-order valence-corrected chi connectivity index (χ2v) is 0.716. The molecule has 0 saturated heterocycles. The van der Waals surface area contributed by atoms with Crippen LogP contribution in [0.25, 0.3) is 0 Å². The second-order valence-electron chi connectivity index (χ2n) is 0.716. The zero-order chi connectivity index (χ0) is 4.12. The molecule has 38 valence electrons. The molecule has 0 fully saturated rings. The van der Waals surface area contributed by atoms with Gasteiger partial charge in [-0.2, -0.15) is 0 Å². The lowest BCUT2D eigenvalue weighted by atomic mass is 10.8. The fraction of sp³-hybridized carbons (Fsp3) is 1.00. The maximum absolute atomic E-state index is 7.94. The maximum Gasteiger partial charge on any atom is 0.187 e. The third kappa shape index (κ3) is 8.82. The van der Waals surface area contributed by atoms with Crippen molar-refractivity contribution in [1.82, 2.24) is 0 Å². The minimum atomic E-state index is 0. The highest BCUT2D eigenvalue weighted by atomic mass is 27.0. The third-order valence-electron chi connectivity index (χ3n) is 0.295. The van der Waals surface area contributed by atoms with Gasteiger partial charge in [0.2, 0.25) is 0 Å². The molecule has 0 rings (SSSR count). The first-order valence-corrected chi connectivity index (χ1v) is 1.51. The maximum atomic E-state index is 7.94. The lowest BCUT2D eigenvalue weighted by Crippen LogP contribution is -1.91. The molecular formula is C3H11AlO2. The summed E-state index contributed by atoms with van der Waals surface area (Å²) < 4.78 is 4.44. The Morgan fingerprint density at radius 3 is 2.17 bits per heavy atom. The van der Waals surface area contributed by atoms with E-state index in [1.807, 2.05) is 0 Å². The summed E-state index contributed by atoms with van der Waals surface area (Å²) in [6.07, 6.45) is 0. The highest BCUT2D eigenvalue weighted by Crippen LogP contribution is 1.56.